The molecule has 0 radical (unpaired) electrons. The predicted molar refractivity (Wildman–Crippen MR) is 72.5 cm³/mol. The Balaban J connectivity index is 1.86. The predicted octanol–water partition coefficient (Wildman–Crippen LogP) is 2.25. The van der Waals surface area contributed by atoms with E-state index in [1.807, 2.05) is 24.3 Å². The first-order valence-electron chi connectivity index (χ1n) is 6.58. The van der Waals surface area contributed by atoms with E-state index in [-0.39, 0.29) is 0 Å². The molecular weight excluding hydrogens is 226 g/mol. The highest BCUT2D eigenvalue weighted by atomic mass is 16.4. The second-order valence-electron chi connectivity index (χ2n) is 5.17. The number of oxazole rings is 1. The third-order valence-electron chi connectivity index (χ3n) is 3.97. The molecule has 3 rings (SSSR count). The largest absolute Gasteiger partial charge is 0.423 e. The average molecular weight is 245 g/mol. The van der Waals surface area contributed by atoms with Gasteiger partial charge >= 0.3 is 0 Å². The molecule has 18 heavy (non-hydrogen) atoms. The van der Waals surface area contributed by atoms with Crippen LogP contribution in [0.1, 0.15) is 13.3 Å². The number of piperidine rings is 1. The smallest absolute Gasteiger partial charge is 0.298 e. The van der Waals surface area contributed by atoms with Crippen molar-refractivity contribution in [2.75, 3.05) is 24.5 Å². The van der Waals surface area contributed by atoms with E-state index in [2.05, 4.69) is 16.8 Å². The Hall–Kier alpha value is -1.55. The molecule has 1 aromatic heterocycles. The van der Waals surface area contributed by atoms with Gasteiger partial charge in [0, 0.05) is 13.1 Å². The molecule has 2 atom stereocenters. The van der Waals surface area contributed by atoms with Gasteiger partial charge in [0.05, 0.1) is 0 Å². The number of fused-ring (bicyclic) bond motifs is 1. The molecule has 1 aliphatic rings. The number of benzene rings is 1. The molecule has 0 aliphatic carbocycles. The maximum atomic E-state index is 5.83. The second-order valence-corrected chi connectivity index (χ2v) is 5.17. The summed E-state index contributed by atoms with van der Waals surface area (Å²) in [6, 6.07) is 8.63. The number of para-hydroxylation sites is 2. The third-order valence-corrected chi connectivity index (χ3v) is 3.97. The van der Waals surface area contributed by atoms with Crippen LogP contribution >= 0.6 is 0 Å². The van der Waals surface area contributed by atoms with Gasteiger partial charge < -0.3 is 15.1 Å². The fourth-order valence-electron chi connectivity index (χ4n) is 2.63. The summed E-state index contributed by atoms with van der Waals surface area (Å²) in [4.78, 5) is 6.77. The number of nitrogens with zero attached hydrogens (tertiary/aromatic N) is 2. The number of anilines is 1. The first kappa shape index (κ1) is 11.5. The van der Waals surface area contributed by atoms with Crippen LogP contribution in [-0.2, 0) is 0 Å². The van der Waals surface area contributed by atoms with Gasteiger partial charge in [0.1, 0.15) is 5.52 Å². The van der Waals surface area contributed by atoms with E-state index in [9.17, 15) is 0 Å². The van der Waals surface area contributed by atoms with Crippen LogP contribution in [0.4, 0.5) is 6.01 Å². The Labute approximate surface area is 107 Å². The summed E-state index contributed by atoms with van der Waals surface area (Å²) >= 11 is 0. The molecule has 0 saturated carbocycles. The van der Waals surface area contributed by atoms with Crippen molar-refractivity contribution in [3.05, 3.63) is 24.3 Å². The molecule has 0 bridgehead atoms. The summed E-state index contributed by atoms with van der Waals surface area (Å²) in [5.74, 6) is 1.23. The molecule has 1 fully saturated rings. The first-order chi connectivity index (χ1) is 8.78. The summed E-state index contributed by atoms with van der Waals surface area (Å²) in [6.45, 7) is 4.97. The molecule has 1 aliphatic heterocycles. The van der Waals surface area contributed by atoms with Crippen LogP contribution in [0.3, 0.4) is 0 Å². The van der Waals surface area contributed by atoms with Gasteiger partial charge in [0.15, 0.2) is 5.58 Å². The average Bonchev–Trinajstić information content (AvgIpc) is 2.83. The summed E-state index contributed by atoms with van der Waals surface area (Å²) in [7, 11) is 0. The fraction of sp³-hybridized carbons (Fsp3) is 0.500. The minimum Gasteiger partial charge on any atom is -0.423 e. The number of hydrogen-bond donors (Lipinski definition) is 1. The summed E-state index contributed by atoms with van der Waals surface area (Å²) in [5, 5.41) is 0. The highest BCUT2D eigenvalue weighted by Crippen LogP contribution is 2.28. The highest BCUT2D eigenvalue weighted by Gasteiger charge is 2.27. The van der Waals surface area contributed by atoms with Gasteiger partial charge in [0.2, 0.25) is 0 Å². The molecule has 2 N–H and O–H groups in total. The third kappa shape index (κ3) is 1.97. The molecule has 0 amide bonds. The van der Waals surface area contributed by atoms with Gasteiger partial charge in [-0.2, -0.15) is 4.98 Å². The van der Waals surface area contributed by atoms with Gasteiger partial charge in [-0.15, -0.1) is 0 Å². The van der Waals surface area contributed by atoms with Crippen molar-refractivity contribution in [2.45, 2.75) is 13.3 Å². The standard InChI is InChI=1S/C14H19N3O/c1-10-6-7-17(9-11(10)8-15)14-16-12-4-2-3-5-13(12)18-14/h2-5,10-11H,6-9,15H2,1H3. The van der Waals surface area contributed by atoms with E-state index in [0.717, 1.165) is 43.2 Å². The molecule has 1 aromatic carbocycles. The van der Waals surface area contributed by atoms with E-state index in [1.54, 1.807) is 0 Å². The van der Waals surface area contributed by atoms with Crippen molar-refractivity contribution >= 4 is 17.1 Å². The van der Waals surface area contributed by atoms with Crippen molar-refractivity contribution in [2.24, 2.45) is 17.6 Å². The summed E-state index contributed by atoms with van der Waals surface area (Å²) in [6.07, 6.45) is 1.15. The van der Waals surface area contributed by atoms with E-state index in [4.69, 9.17) is 10.2 Å². The van der Waals surface area contributed by atoms with E-state index >= 15 is 0 Å². The maximum Gasteiger partial charge on any atom is 0.298 e. The Bertz CT molecular complexity index is 504. The van der Waals surface area contributed by atoms with Crippen molar-refractivity contribution < 1.29 is 4.42 Å². The molecule has 4 nitrogen and oxygen atoms in total. The minimum atomic E-state index is 0.536. The van der Waals surface area contributed by atoms with Crippen LogP contribution in [0.15, 0.2) is 28.7 Å². The zero-order valence-corrected chi connectivity index (χ0v) is 10.7. The van der Waals surface area contributed by atoms with Gasteiger partial charge in [-0.25, -0.2) is 0 Å². The lowest BCUT2D eigenvalue weighted by molar-refractivity contribution is 0.299. The van der Waals surface area contributed by atoms with Crippen LogP contribution in [-0.4, -0.2) is 24.6 Å². The Morgan fingerprint density at radius 2 is 2.28 bits per heavy atom. The fourth-order valence-corrected chi connectivity index (χ4v) is 2.63. The van der Waals surface area contributed by atoms with Crippen LogP contribution in [0.25, 0.3) is 11.1 Å². The molecule has 4 heteroatoms. The molecule has 2 unspecified atom stereocenters. The van der Waals surface area contributed by atoms with Gasteiger partial charge in [-0.3, -0.25) is 0 Å². The molecular formula is C14H19N3O. The molecule has 0 spiro atoms. The van der Waals surface area contributed by atoms with E-state index < -0.39 is 0 Å². The van der Waals surface area contributed by atoms with Gasteiger partial charge in [-0.05, 0) is 36.9 Å². The Morgan fingerprint density at radius 3 is 3.06 bits per heavy atom. The molecule has 96 valence electrons. The first-order valence-corrected chi connectivity index (χ1v) is 6.58. The quantitative estimate of drug-likeness (QED) is 0.881. The second kappa shape index (κ2) is 4.61. The van der Waals surface area contributed by atoms with Crippen LogP contribution in [0.2, 0.25) is 0 Å². The molecule has 2 aromatic rings. The lowest BCUT2D eigenvalue weighted by Gasteiger charge is -2.35. The van der Waals surface area contributed by atoms with Crippen molar-refractivity contribution in [3.8, 4) is 0 Å². The maximum absolute atomic E-state index is 5.83. The number of rotatable bonds is 2. The normalized spacial score (nSPS) is 24.7. The summed E-state index contributed by atoms with van der Waals surface area (Å²) < 4.78 is 5.81. The van der Waals surface area contributed by atoms with E-state index in [0.29, 0.717) is 11.8 Å². The number of hydrogen-bond acceptors (Lipinski definition) is 4. The van der Waals surface area contributed by atoms with Gasteiger partial charge in [-0.1, -0.05) is 19.1 Å². The zero-order valence-electron chi connectivity index (χ0n) is 10.7. The monoisotopic (exact) mass is 245 g/mol. The minimum absolute atomic E-state index is 0.536. The van der Waals surface area contributed by atoms with Gasteiger partial charge in [0.25, 0.3) is 6.01 Å². The zero-order chi connectivity index (χ0) is 12.5. The van der Waals surface area contributed by atoms with E-state index in [1.165, 1.54) is 0 Å². The highest BCUT2D eigenvalue weighted by molar-refractivity contribution is 5.74. The lowest BCUT2D eigenvalue weighted by Crippen LogP contribution is -2.42. The van der Waals surface area contributed by atoms with Crippen molar-refractivity contribution in [3.63, 3.8) is 0 Å². The number of aromatic nitrogens is 1. The molecule has 1 saturated heterocycles. The Kier molecular flexibility index (Phi) is 2.96. The lowest BCUT2D eigenvalue weighted by atomic mass is 9.87. The Morgan fingerprint density at radius 1 is 1.44 bits per heavy atom. The van der Waals surface area contributed by atoms with Crippen LogP contribution in [0, 0.1) is 11.8 Å². The van der Waals surface area contributed by atoms with Crippen molar-refractivity contribution in [1.82, 2.24) is 4.98 Å². The summed E-state index contributed by atoms with van der Waals surface area (Å²) in [5.41, 5.74) is 7.61. The van der Waals surface area contributed by atoms with Crippen molar-refractivity contribution in [1.29, 1.82) is 0 Å². The topological polar surface area (TPSA) is 55.3 Å². The van der Waals surface area contributed by atoms with Crippen LogP contribution < -0.4 is 10.6 Å². The molecule has 2 heterocycles. The SMILES string of the molecule is CC1CCN(c2nc3ccccc3o2)CC1CN. The number of nitrogens with two attached hydrogens (primary N) is 1. The van der Waals surface area contributed by atoms with Crippen LogP contribution in [0.5, 0.6) is 0 Å².